The number of carbonyl (C=O) groups is 2. The number of nitrogens with zero attached hydrogens (tertiary/aromatic N) is 1. The van der Waals surface area contributed by atoms with Gasteiger partial charge in [-0.25, -0.2) is 0 Å². The summed E-state index contributed by atoms with van der Waals surface area (Å²) in [7, 11) is 0. The zero-order valence-electron chi connectivity index (χ0n) is 10.7. The Bertz CT molecular complexity index is 534. The number of rotatable bonds is 4. The SMILES string of the molecule is C=CC(=O)N1CC(CC(=O)Nc2cc(Cl)cc(Cl)c2)C1. The van der Waals surface area contributed by atoms with Gasteiger partial charge in [0.25, 0.3) is 0 Å². The van der Waals surface area contributed by atoms with Gasteiger partial charge in [-0.2, -0.15) is 0 Å². The lowest BCUT2D eigenvalue weighted by Gasteiger charge is -2.38. The van der Waals surface area contributed by atoms with Gasteiger partial charge in [-0.15, -0.1) is 0 Å². The third-order valence-electron chi connectivity index (χ3n) is 3.06. The van der Waals surface area contributed by atoms with Gasteiger partial charge < -0.3 is 10.2 Å². The number of hydrogen-bond donors (Lipinski definition) is 1. The predicted molar refractivity (Wildman–Crippen MR) is 80.0 cm³/mol. The first kappa shape index (κ1) is 14.9. The van der Waals surface area contributed by atoms with E-state index in [1.54, 1.807) is 23.1 Å². The molecule has 1 aliphatic heterocycles. The molecule has 1 aromatic carbocycles. The van der Waals surface area contributed by atoms with E-state index < -0.39 is 0 Å². The predicted octanol–water partition coefficient (Wildman–Crippen LogP) is 2.97. The Kier molecular flexibility index (Phi) is 4.68. The number of halogens is 2. The van der Waals surface area contributed by atoms with Crippen molar-refractivity contribution in [2.45, 2.75) is 6.42 Å². The van der Waals surface area contributed by atoms with Crippen LogP contribution in [0.15, 0.2) is 30.9 Å². The molecule has 1 heterocycles. The average Bonchev–Trinajstić information content (AvgIpc) is 2.31. The van der Waals surface area contributed by atoms with E-state index in [-0.39, 0.29) is 17.7 Å². The van der Waals surface area contributed by atoms with Crippen molar-refractivity contribution in [1.82, 2.24) is 4.90 Å². The van der Waals surface area contributed by atoms with Crippen molar-refractivity contribution in [3.8, 4) is 0 Å². The van der Waals surface area contributed by atoms with E-state index in [1.807, 2.05) is 0 Å². The van der Waals surface area contributed by atoms with Crippen LogP contribution in [0, 0.1) is 5.92 Å². The second-order valence-corrected chi connectivity index (χ2v) is 5.60. The van der Waals surface area contributed by atoms with Crippen LogP contribution in [0.5, 0.6) is 0 Å². The standard InChI is InChI=1S/C14H14Cl2N2O2/c1-2-14(20)18-7-9(8-18)3-13(19)17-12-5-10(15)4-11(16)6-12/h2,4-6,9H,1,3,7-8H2,(H,17,19). The highest BCUT2D eigenvalue weighted by atomic mass is 35.5. The molecule has 1 saturated heterocycles. The van der Waals surface area contributed by atoms with Crippen molar-refractivity contribution in [1.29, 1.82) is 0 Å². The highest BCUT2D eigenvalue weighted by molar-refractivity contribution is 6.35. The molecule has 0 bridgehead atoms. The van der Waals surface area contributed by atoms with E-state index in [9.17, 15) is 9.59 Å². The fourth-order valence-electron chi connectivity index (χ4n) is 2.11. The Morgan fingerprint density at radius 1 is 1.30 bits per heavy atom. The van der Waals surface area contributed by atoms with Crippen LogP contribution in [0.1, 0.15) is 6.42 Å². The number of carbonyl (C=O) groups excluding carboxylic acids is 2. The lowest BCUT2D eigenvalue weighted by Crippen LogP contribution is -2.50. The van der Waals surface area contributed by atoms with E-state index in [0.29, 0.717) is 35.2 Å². The summed E-state index contributed by atoms with van der Waals surface area (Å²) < 4.78 is 0. The third kappa shape index (κ3) is 3.74. The molecule has 1 fully saturated rings. The van der Waals surface area contributed by atoms with Crippen molar-refractivity contribution in [3.05, 3.63) is 40.9 Å². The second-order valence-electron chi connectivity index (χ2n) is 4.72. The van der Waals surface area contributed by atoms with Crippen LogP contribution in [-0.2, 0) is 9.59 Å². The molecule has 4 nitrogen and oxygen atoms in total. The lowest BCUT2D eigenvalue weighted by atomic mass is 9.96. The first-order chi connectivity index (χ1) is 9.47. The Morgan fingerprint density at radius 3 is 2.45 bits per heavy atom. The van der Waals surface area contributed by atoms with Gasteiger partial charge in [0.15, 0.2) is 0 Å². The zero-order valence-corrected chi connectivity index (χ0v) is 12.2. The maximum atomic E-state index is 11.9. The van der Waals surface area contributed by atoms with Crippen molar-refractivity contribution >= 4 is 40.7 Å². The minimum absolute atomic E-state index is 0.0942. The molecule has 20 heavy (non-hydrogen) atoms. The maximum Gasteiger partial charge on any atom is 0.245 e. The highest BCUT2D eigenvalue weighted by Crippen LogP contribution is 2.24. The Balaban J connectivity index is 1.82. The Labute approximate surface area is 127 Å². The smallest absolute Gasteiger partial charge is 0.245 e. The topological polar surface area (TPSA) is 49.4 Å². The van der Waals surface area contributed by atoms with Crippen LogP contribution < -0.4 is 5.32 Å². The number of likely N-dealkylation sites (tertiary alicyclic amines) is 1. The summed E-state index contributed by atoms with van der Waals surface area (Å²) in [5.74, 6) is -0.0177. The molecule has 0 saturated carbocycles. The first-order valence-electron chi connectivity index (χ1n) is 6.15. The van der Waals surface area contributed by atoms with Crippen LogP contribution in [0.2, 0.25) is 10.0 Å². The lowest BCUT2D eigenvalue weighted by molar-refractivity contribution is -0.134. The van der Waals surface area contributed by atoms with Gasteiger partial charge in [-0.05, 0) is 24.3 Å². The number of benzene rings is 1. The molecule has 0 radical (unpaired) electrons. The molecule has 0 spiro atoms. The van der Waals surface area contributed by atoms with Gasteiger partial charge in [0, 0.05) is 41.2 Å². The number of anilines is 1. The summed E-state index contributed by atoms with van der Waals surface area (Å²) in [5.41, 5.74) is 0.575. The largest absolute Gasteiger partial charge is 0.338 e. The molecule has 2 amide bonds. The van der Waals surface area contributed by atoms with Crippen LogP contribution in [0.25, 0.3) is 0 Å². The molecule has 0 aromatic heterocycles. The summed E-state index contributed by atoms with van der Waals surface area (Å²) in [4.78, 5) is 24.8. The van der Waals surface area contributed by atoms with Gasteiger partial charge in [-0.1, -0.05) is 29.8 Å². The zero-order chi connectivity index (χ0) is 14.7. The molecule has 0 atom stereocenters. The minimum Gasteiger partial charge on any atom is -0.338 e. The third-order valence-corrected chi connectivity index (χ3v) is 3.50. The Morgan fingerprint density at radius 2 is 1.90 bits per heavy atom. The summed E-state index contributed by atoms with van der Waals surface area (Å²) in [5, 5.41) is 3.69. The van der Waals surface area contributed by atoms with Gasteiger partial charge >= 0.3 is 0 Å². The van der Waals surface area contributed by atoms with Crippen molar-refractivity contribution in [2.75, 3.05) is 18.4 Å². The molecule has 0 unspecified atom stereocenters. The normalized spacial score (nSPS) is 14.6. The molecule has 106 valence electrons. The van der Waals surface area contributed by atoms with E-state index in [0.717, 1.165) is 0 Å². The van der Waals surface area contributed by atoms with Crippen molar-refractivity contribution in [3.63, 3.8) is 0 Å². The van der Waals surface area contributed by atoms with Crippen molar-refractivity contribution in [2.24, 2.45) is 5.92 Å². The first-order valence-corrected chi connectivity index (χ1v) is 6.91. The summed E-state index contributed by atoms with van der Waals surface area (Å²) in [6.07, 6.45) is 1.65. The number of nitrogens with one attached hydrogen (secondary N) is 1. The molecule has 1 aliphatic rings. The second kappa shape index (κ2) is 6.29. The minimum atomic E-state index is -0.112. The highest BCUT2D eigenvalue weighted by Gasteiger charge is 2.30. The summed E-state index contributed by atoms with van der Waals surface area (Å²) in [6.45, 7) is 4.61. The van der Waals surface area contributed by atoms with Crippen LogP contribution >= 0.6 is 23.2 Å². The fourth-order valence-corrected chi connectivity index (χ4v) is 2.63. The van der Waals surface area contributed by atoms with Crippen LogP contribution in [-0.4, -0.2) is 29.8 Å². The van der Waals surface area contributed by atoms with E-state index in [1.165, 1.54) is 6.08 Å². The number of hydrogen-bond acceptors (Lipinski definition) is 2. The average molecular weight is 313 g/mol. The van der Waals surface area contributed by atoms with Gasteiger partial charge in [-0.3, -0.25) is 9.59 Å². The fraction of sp³-hybridized carbons (Fsp3) is 0.286. The maximum absolute atomic E-state index is 11.9. The molecule has 6 heteroatoms. The van der Waals surface area contributed by atoms with Crippen molar-refractivity contribution < 1.29 is 9.59 Å². The monoisotopic (exact) mass is 312 g/mol. The quantitative estimate of drug-likeness (QED) is 0.869. The summed E-state index contributed by atoms with van der Waals surface area (Å²) in [6, 6.07) is 4.88. The number of amides is 2. The van der Waals surface area contributed by atoms with Crippen LogP contribution in [0.4, 0.5) is 5.69 Å². The molecular formula is C14H14Cl2N2O2. The van der Waals surface area contributed by atoms with Crippen LogP contribution in [0.3, 0.4) is 0 Å². The van der Waals surface area contributed by atoms with E-state index in [2.05, 4.69) is 11.9 Å². The van der Waals surface area contributed by atoms with E-state index in [4.69, 9.17) is 23.2 Å². The molecule has 0 aliphatic carbocycles. The Hall–Kier alpha value is -1.52. The molecular weight excluding hydrogens is 299 g/mol. The molecule has 2 rings (SSSR count). The van der Waals surface area contributed by atoms with Gasteiger partial charge in [0.2, 0.25) is 11.8 Å². The molecule has 1 N–H and O–H groups in total. The summed E-state index contributed by atoms with van der Waals surface area (Å²) >= 11 is 11.7. The van der Waals surface area contributed by atoms with Gasteiger partial charge in [0.1, 0.15) is 0 Å². The molecule has 1 aromatic rings. The van der Waals surface area contributed by atoms with E-state index >= 15 is 0 Å². The van der Waals surface area contributed by atoms with Gasteiger partial charge in [0.05, 0.1) is 0 Å².